The zero-order chi connectivity index (χ0) is 37.5. The first kappa shape index (κ1) is 49.1. The Kier molecular flexibility index (Phi) is 37.8. The summed E-state index contributed by atoms with van der Waals surface area (Å²) in [5.74, 6) is -0.502. The summed E-state index contributed by atoms with van der Waals surface area (Å²) >= 11 is 0. The van der Waals surface area contributed by atoms with Gasteiger partial charge >= 0.3 is 5.97 Å². The highest BCUT2D eigenvalue weighted by Crippen LogP contribution is 2.17. The van der Waals surface area contributed by atoms with Gasteiger partial charge in [-0.25, -0.2) is 0 Å². The number of carbonyl (C=O) groups excluding carboxylic acids is 2. The van der Waals surface area contributed by atoms with E-state index in [1.165, 1.54) is 77.0 Å². The van der Waals surface area contributed by atoms with Crippen LogP contribution in [0.15, 0.2) is 36.5 Å². The molecule has 1 amide bonds. The quantitative estimate of drug-likeness (QED) is 0.0336. The molecule has 0 bridgehead atoms. The number of esters is 1. The maximum absolute atomic E-state index is 13.1. The maximum atomic E-state index is 13.1. The van der Waals surface area contributed by atoms with Crippen molar-refractivity contribution in [1.29, 1.82) is 0 Å². The van der Waals surface area contributed by atoms with Crippen molar-refractivity contribution in [2.24, 2.45) is 0 Å². The van der Waals surface area contributed by atoms with E-state index in [1.54, 1.807) is 0 Å². The van der Waals surface area contributed by atoms with Crippen LogP contribution in [0.1, 0.15) is 213 Å². The molecule has 0 aromatic carbocycles. The van der Waals surface area contributed by atoms with Crippen molar-refractivity contribution in [1.82, 2.24) is 5.32 Å². The van der Waals surface area contributed by atoms with Crippen LogP contribution in [-0.2, 0) is 14.3 Å². The van der Waals surface area contributed by atoms with E-state index in [1.807, 2.05) is 0 Å². The van der Waals surface area contributed by atoms with Crippen LogP contribution in [0, 0.1) is 0 Å². The molecule has 0 aromatic heterocycles. The van der Waals surface area contributed by atoms with E-state index in [9.17, 15) is 19.8 Å². The Morgan fingerprint density at radius 2 is 1.10 bits per heavy atom. The second-order valence-electron chi connectivity index (χ2n) is 14.7. The molecule has 0 saturated carbocycles. The third-order valence-corrected chi connectivity index (χ3v) is 9.68. The number of nitrogens with one attached hydrogen (secondary N) is 1. The van der Waals surface area contributed by atoms with Gasteiger partial charge in [0.25, 0.3) is 0 Å². The molecule has 0 aliphatic heterocycles. The summed E-state index contributed by atoms with van der Waals surface area (Å²) in [6.45, 7) is 6.28. The van der Waals surface area contributed by atoms with E-state index < -0.39 is 18.2 Å². The number of ether oxygens (including phenoxy) is 1. The SMILES string of the molecule is CC/C=C/C/C=C/CCCCCCCC(CC(=O)NC(CO)C(O)CCCCCCCCCCCC)OC(=O)CCCCCCC/C=C\CCC. The number of carbonyl (C=O) groups is 2. The van der Waals surface area contributed by atoms with Crippen molar-refractivity contribution in [2.45, 2.75) is 232 Å². The fourth-order valence-electron chi connectivity index (χ4n) is 6.41. The summed E-state index contributed by atoms with van der Waals surface area (Å²) < 4.78 is 5.87. The number of hydrogen-bond acceptors (Lipinski definition) is 5. The van der Waals surface area contributed by atoms with Crippen molar-refractivity contribution in [2.75, 3.05) is 6.61 Å². The van der Waals surface area contributed by atoms with Crippen molar-refractivity contribution in [3.63, 3.8) is 0 Å². The van der Waals surface area contributed by atoms with E-state index in [2.05, 4.69) is 62.5 Å². The normalized spacial score (nSPS) is 13.7. The summed E-state index contributed by atoms with van der Waals surface area (Å²) in [5.41, 5.74) is 0. The van der Waals surface area contributed by atoms with Gasteiger partial charge < -0.3 is 20.3 Å². The summed E-state index contributed by atoms with van der Waals surface area (Å²) in [4.78, 5) is 25.9. The molecule has 0 aliphatic carbocycles. The molecule has 0 spiro atoms. The minimum Gasteiger partial charge on any atom is -0.462 e. The van der Waals surface area contributed by atoms with E-state index in [4.69, 9.17) is 4.74 Å². The molecule has 0 rings (SSSR count). The van der Waals surface area contributed by atoms with E-state index in [0.29, 0.717) is 19.3 Å². The van der Waals surface area contributed by atoms with Gasteiger partial charge in [-0.1, -0.05) is 166 Å². The summed E-state index contributed by atoms with van der Waals surface area (Å²) in [5, 5.41) is 23.5. The van der Waals surface area contributed by atoms with Gasteiger partial charge in [0.2, 0.25) is 5.91 Å². The Morgan fingerprint density at radius 3 is 1.69 bits per heavy atom. The van der Waals surface area contributed by atoms with Crippen LogP contribution in [0.25, 0.3) is 0 Å². The van der Waals surface area contributed by atoms with Crippen molar-refractivity contribution in [3.8, 4) is 0 Å². The van der Waals surface area contributed by atoms with Gasteiger partial charge in [0.15, 0.2) is 0 Å². The fraction of sp³-hybridized carbons (Fsp3) is 0.822. The van der Waals surface area contributed by atoms with Crippen LogP contribution >= 0.6 is 0 Å². The Labute approximate surface area is 315 Å². The molecule has 0 fully saturated rings. The highest BCUT2D eigenvalue weighted by atomic mass is 16.5. The Bertz CT molecular complexity index is 854. The monoisotopic (exact) mass is 718 g/mol. The summed E-state index contributed by atoms with van der Waals surface area (Å²) in [7, 11) is 0. The minimum absolute atomic E-state index is 0.0655. The maximum Gasteiger partial charge on any atom is 0.306 e. The molecule has 0 saturated heterocycles. The van der Waals surface area contributed by atoms with Crippen molar-refractivity contribution < 1.29 is 24.5 Å². The van der Waals surface area contributed by atoms with Gasteiger partial charge in [-0.05, 0) is 70.6 Å². The number of unbranched alkanes of at least 4 members (excludes halogenated alkanes) is 20. The highest BCUT2D eigenvalue weighted by molar-refractivity contribution is 5.77. The molecule has 51 heavy (non-hydrogen) atoms. The van der Waals surface area contributed by atoms with E-state index in [-0.39, 0.29) is 24.9 Å². The lowest BCUT2D eigenvalue weighted by Crippen LogP contribution is -2.46. The molecule has 298 valence electrons. The first-order valence-electron chi connectivity index (χ1n) is 21.7. The lowest BCUT2D eigenvalue weighted by molar-refractivity contribution is -0.151. The van der Waals surface area contributed by atoms with Gasteiger partial charge in [0, 0.05) is 6.42 Å². The molecule has 3 N–H and O–H groups in total. The first-order valence-corrected chi connectivity index (χ1v) is 21.7. The van der Waals surface area contributed by atoms with Crippen LogP contribution < -0.4 is 5.32 Å². The third-order valence-electron chi connectivity index (χ3n) is 9.68. The Balaban J connectivity index is 4.63. The standard InChI is InChI=1S/C45H83NO5/c1-4-7-10-13-16-19-22-23-24-27-30-33-36-41(51-45(50)38-35-32-29-26-21-18-15-12-9-6-3)39-44(49)46-42(40-47)43(48)37-34-31-28-25-20-17-14-11-8-5-2/h7,10,12,15-16,19,41-43,47-48H,4-6,8-9,11,13-14,17-18,20-40H2,1-3H3,(H,46,49)/b10-7+,15-12-,19-16+. The van der Waals surface area contributed by atoms with Crippen LogP contribution in [-0.4, -0.2) is 46.9 Å². The van der Waals surface area contributed by atoms with E-state index >= 15 is 0 Å². The molecule has 6 heteroatoms. The highest BCUT2D eigenvalue weighted by Gasteiger charge is 2.24. The van der Waals surface area contributed by atoms with Crippen LogP contribution in [0.3, 0.4) is 0 Å². The molecule has 6 nitrogen and oxygen atoms in total. The molecule has 3 unspecified atom stereocenters. The zero-order valence-corrected chi connectivity index (χ0v) is 33.7. The molecule has 0 aliphatic rings. The van der Waals surface area contributed by atoms with Gasteiger partial charge in [0.1, 0.15) is 6.10 Å². The number of allylic oxidation sites excluding steroid dienone is 6. The third kappa shape index (κ3) is 34.9. The van der Waals surface area contributed by atoms with Gasteiger partial charge in [-0.15, -0.1) is 0 Å². The molecule has 3 atom stereocenters. The second kappa shape index (κ2) is 39.3. The minimum atomic E-state index is -0.788. The number of amides is 1. The van der Waals surface area contributed by atoms with Gasteiger partial charge in [0.05, 0.1) is 25.2 Å². The number of hydrogen-bond donors (Lipinski definition) is 3. The van der Waals surface area contributed by atoms with Crippen LogP contribution in [0.2, 0.25) is 0 Å². The smallest absolute Gasteiger partial charge is 0.306 e. The zero-order valence-electron chi connectivity index (χ0n) is 33.7. The second-order valence-corrected chi connectivity index (χ2v) is 14.7. The van der Waals surface area contributed by atoms with Gasteiger partial charge in [-0.3, -0.25) is 9.59 Å². The molecular weight excluding hydrogens is 634 g/mol. The van der Waals surface area contributed by atoms with Crippen LogP contribution in [0.5, 0.6) is 0 Å². The first-order chi connectivity index (χ1) is 25.0. The lowest BCUT2D eigenvalue weighted by Gasteiger charge is -2.24. The largest absolute Gasteiger partial charge is 0.462 e. The average Bonchev–Trinajstić information content (AvgIpc) is 3.12. The van der Waals surface area contributed by atoms with Gasteiger partial charge in [-0.2, -0.15) is 0 Å². The Morgan fingerprint density at radius 1 is 0.588 bits per heavy atom. The van der Waals surface area contributed by atoms with Crippen LogP contribution in [0.4, 0.5) is 0 Å². The van der Waals surface area contributed by atoms with E-state index in [0.717, 1.165) is 89.9 Å². The summed E-state index contributed by atoms with van der Waals surface area (Å²) in [6.07, 6.45) is 43.5. The number of aliphatic hydroxyl groups is 2. The lowest BCUT2D eigenvalue weighted by atomic mass is 10.0. The number of aliphatic hydroxyl groups excluding tert-OH is 2. The predicted octanol–water partition coefficient (Wildman–Crippen LogP) is 12.2. The Hall–Kier alpha value is -1.92. The van der Waals surface area contributed by atoms with Crippen molar-refractivity contribution >= 4 is 11.9 Å². The molecule has 0 aromatic rings. The summed E-state index contributed by atoms with van der Waals surface area (Å²) in [6, 6.07) is -0.703. The average molecular weight is 718 g/mol. The van der Waals surface area contributed by atoms with Crippen molar-refractivity contribution in [3.05, 3.63) is 36.5 Å². The molecule has 0 radical (unpaired) electrons. The fourth-order valence-corrected chi connectivity index (χ4v) is 6.41. The number of rotatable bonds is 38. The predicted molar refractivity (Wildman–Crippen MR) is 218 cm³/mol. The molecule has 0 heterocycles. The topological polar surface area (TPSA) is 95.9 Å². The molecular formula is C45H83NO5.